The average molecular weight is 492 g/mol. The van der Waals surface area contributed by atoms with Crippen LogP contribution in [0, 0.1) is 5.82 Å². The van der Waals surface area contributed by atoms with Gasteiger partial charge in [0.2, 0.25) is 0 Å². The van der Waals surface area contributed by atoms with Crippen molar-refractivity contribution in [2.45, 2.75) is 69.1 Å². The van der Waals surface area contributed by atoms with Crippen LogP contribution >= 0.6 is 11.6 Å². The number of urea groups is 1. The number of carbonyl (C=O) groups is 2. The number of amides is 3. The molecule has 1 heterocycles. The topological polar surface area (TPSA) is 125 Å². The third-order valence-electron chi connectivity index (χ3n) is 6.41. The number of hydrogen-bond donors (Lipinski definition) is 4. The third-order valence-corrected chi connectivity index (χ3v) is 6.80. The first-order chi connectivity index (χ1) is 16.4. The molecule has 1 aromatic heterocycles. The van der Waals surface area contributed by atoms with E-state index in [2.05, 4.69) is 26.1 Å². The van der Waals surface area contributed by atoms with Gasteiger partial charge in [-0.3, -0.25) is 4.79 Å². The second kappa shape index (κ2) is 10.9. The van der Waals surface area contributed by atoms with E-state index in [0.717, 1.165) is 32.1 Å². The minimum Gasteiger partial charge on any atom is -0.446 e. The molecule has 4 N–H and O–H groups in total. The van der Waals surface area contributed by atoms with Gasteiger partial charge in [0.25, 0.3) is 5.56 Å². The van der Waals surface area contributed by atoms with Crippen LogP contribution in [0.25, 0.3) is 0 Å². The van der Waals surface area contributed by atoms with E-state index >= 15 is 0 Å². The maximum absolute atomic E-state index is 13.0. The molecule has 2 fully saturated rings. The van der Waals surface area contributed by atoms with E-state index in [9.17, 15) is 18.8 Å². The molecule has 1 aromatic carbocycles. The third kappa shape index (κ3) is 6.25. The highest BCUT2D eigenvalue weighted by atomic mass is 35.5. The summed E-state index contributed by atoms with van der Waals surface area (Å²) in [5.41, 5.74) is 0.786. The lowest BCUT2D eigenvalue weighted by Gasteiger charge is -2.29. The van der Waals surface area contributed by atoms with E-state index < -0.39 is 11.7 Å². The van der Waals surface area contributed by atoms with Crippen LogP contribution in [0.4, 0.5) is 19.7 Å². The van der Waals surface area contributed by atoms with Crippen LogP contribution in [0.2, 0.25) is 5.02 Å². The minimum absolute atomic E-state index is 0.00232. The van der Waals surface area contributed by atoms with Gasteiger partial charge in [-0.25, -0.2) is 19.1 Å². The molecule has 1 unspecified atom stereocenters. The van der Waals surface area contributed by atoms with Crippen LogP contribution in [-0.4, -0.2) is 40.5 Å². The number of anilines is 1. The molecular weight excluding hydrogens is 465 g/mol. The van der Waals surface area contributed by atoms with Crippen molar-refractivity contribution in [1.29, 1.82) is 0 Å². The quantitative estimate of drug-likeness (QED) is 0.502. The van der Waals surface area contributed by atoms with Gasteiger partial charge >= 0.3 is 12.1 Å². The second-order valence-electron chi connectivity index (χ2n) is 8.80. The number of nitrogens with one attached hydrogen (secondary N) is 4. The van der Waals surface area contributed by atoms with Crippen LogP contribution in [0.15, 0.2) is 35.3 Å². The molecule has 4 rings (SSSR count). The van der Waals surface area contributed by atoms with Gasteiger partial charge in [0, 0.05) is 17.8 Å². The average Bonchev–Trinajstić information content (AvgIpc) is 3.26. The number of alkyl carbamates (subject to hydrolysis) is 1. The molecule has 2 atom stereocenters. The number of carbonyl (C=O) groups excluding carboxylic acids is 2. The number of benzene rings is 1. The zero-order valence-electron chi connectivity index (χ0n) is 18.5. The molecule has 11 heteroatoms. The van der Waals surface area contributed by atoms with Gasteiger partial charge in [0.05, 0.1) is 6.20 Å². The maximum Gasteiger partial charge on any atom is 0.407 e. The number of halogens is 2. The van der Waals surface area contributed by atoms with Crippen molar-refractivity contribution in [3.05, 3.63) is 57.2 Å². The minimum atomic E-state index is -0.453. The van der Waals surface area contributed by atoms with E-state index in [-0.39, 0.29) is 41.0 Å². The zero-order chi connectivity index (χ0) is 24.1. The Balaban J connectivity index is 1.16. The van der Waals surface area contributed by atoms with E-state index in [1.54, 1.807) is 6.20 Å². The SMILES string of the molecule is O=C(Nc1ccc(F)cc1)NC1CCC(NC(=O)O[C@@H]2CCC(c3cn[nH]c(=O)c3Cl)C2)CC1. The van der Waals surface area contributed by atoms with Crippen LogP contribution < -0.4 is 21.5 Å². The summed E-state index contributed by atoms with van der Waals surface area (Å²) in [4.78, 5) is 36.2. The van der Waals surface area contributed by atoms with Gasteiger partial charge in [0.1, 0.15) is 16.9 Å². The Hall–Kier alpha value is -3.14. The molecular formula is C23H27ClFN5O4. The van der Waals surface area contributed by atoms with E-state index in [1.165, 1.54) is 24.3 Å². The Kier molecular flexibility index (Phi) is 7.66. The number of nitrogens with zero attached hydrogens (tertiary/aromatic N) is 1. The lowest BCUT2D eigenvalue weighted by atomic mass is 9.91. The summed E-state index contributed by atoms with van der Waals surface area (Å²) >= 11 is 6.10. The van der Waals surface area contributed by atoms with Gasteiger partial charge < -0.3 is 20.7 Å². The summed E-state index contributed by atoms with van der Waals surface area (Å²) in [7, 11) is 0. The fourth-order valence-electron chi connectivity index (χ4n) is 4.63. The van der Waals surface area contributed by atoms with Crippen LogP contribution in [0.5, 0.6) is 0 Å². The Morgan fingerprint density at radius 2 is 1.71 bits per heavy atom. The molecule has 0 saturated heterocycles. The first kappa shape index (κ1) is 24.0. The molecule has 0 bridgehead atoms. The maximum atomic E-state index is 13.0. The number of rotatable bonds is 5. The van der Waals surface area contributed by atoms with Crippen LogP contribution in [-0.2, 0) is 4.74 Å². The zero-order valence-corrected chi connectivity index (χ0v) is 19.2. The molecule has 2 saturated carbocycles. The smallest absolute Gasteiger partial charge is 0.407 e. The fourth-order valence-corrected chi connectivity index (χ4v) is 4.88. The normalized spacial score (nSPS) is 24.3. The number of aromatic nitrogens is 2. The molecule has 182 valence electrons. The van der Waals surface area contributed by atoms with Crippen molar-refractivity contribution < 1.29 is 18.7 Å². The monoisotopic (exact) mass is 491 g/mol. The van der Waals surface area contributed by atoms with E-state index in [1.807, 2.05) is 0 Å². The molecule has 0 radical (unpaired) electrons. The molecule has 3 amide bonds. The summed E-state index contributed by atoms with van der Waals surface area (Å²) in [5, 5.41) is 14.8. The fraction of sp³-hybridized carbons (Fsp3) is 0.478. The lowest BCUT2D eigenvalue weighted by Crippen LogP contribution is -2.45. The molecule has 34 heavy (non-hydrogen) atoms. The van der Waals surface area contributed by atoms with Crippen LogP contribution in [0.1, 0.15) is 56.4 Å². The molecule has 0 spiro atoms. The molecule has 0 aliphatic heterocycles. The van der Waals surface area contributed by atoms with E-state index in [0.29, 0.717) is 24.1 Å². The highest BCUT2D eigenvalue weighted by molar-refractivity contribution is 6.31. The van der Waals surface area contributed by atoms with E-state index in [4.69, 9.17) is 16.3 Å². The Bertz CT molecular complexity index is 1070. The number of ether oxygens (including phenoxy) is 1. The largest absolute Gasteiger partial charge is 0.446 e. The summed E-state index contributed by atoms with van der Waals surface area (Å²) < 4.78 is 18.6. The van der Waals surface area contributed by atoms with Crippen molar-refractivity contribution in [2.75, 3.05) is 5.32 Å². The number of aromatic amines is 1. The first-order valence-corrected chi connectivity index (χ1v) is 11.8. The molecule has 2 aromatic rings. The predicted octanol–water partition coefficient (Wildman–Crippen LogP) is 4.06. The van der Waals surface area contributed by atoms with Gasteiger partial charge in [-0.05, 0) is 80.7 Å². The molecule has 9 nitrogen and oxygen atoms in total. The first-order valence-electron chi connectivity index (χ1n) is 11.4. The lowest BCUT2D eigenvalue weighted by molar-refractivity contribution is 0.0947. The molecule has 2 aliphatic carbocycles. The summed E-state index contributed by atoms with van der Waals surface area (Å²) in [6.45, 7) is 0. The standard InChI is InChI=1S/C23H27ClFN5O4/c24-20-19(12-26-30-21(20)31)13-1-10-18(11-13)34-23(33)29-17-8-6-16(7-9-17)28-22(32)27-15-4-2-14(25)3-5-15/h2-5,12-13,16-18H,1,6-11H2,(H,29,33)(H,30,31)(H2,27,28,32)/t13?,16?,17?,18-/m1/s1. The number of hydrogen-bond acceptors (Lipinski definition) is 5. The summed E-state index contributed by atoms with van der Waals surface area (Å²) in [6.07, 6.45) is 5.81. The highest BCUT2D eigenvalue weighted by Crippen LogP contribution is 2.37. The Morgan fingerprint density at radius 1 is 1.03 bits per heavy atom. The summed E-state index contributed by atoms with van der Waals surface area (Å²) in [5.74, 6) is -0.333. The van der Waals surface area contributed by atoms with Gasteiger partial charge in [-0.15, -0.1) is 0 Å². The van der Waals surface area contributed by atoms with Crippen molar-refractivity contribution >= 4 is 29.4 Å². The Labute approximate surface area is 200 Å². The number of H-pyrrole nitrogens is 1. The highest BCUT2D eigenvalue weighted by Gasteiger charge is 2.31. The van der Waals surface area contributed by atoms with Crippen molar-refractivity contribution in [3.8, 4) is 0 Å². The van der Waals surface area contributed by atoms with Gasteiger partial charge in [-0.2, -0.15) is 5.10 Å². The summed E-state index contributed by atoms with van der Waals surface area (Å²) in [6, 6.07) is 5.21. The predicted molar refractivity (Wildman–Crippen MR) is 124 cm³/mol. The van der Waals surface area contributed by atoms with Crippen LogP contribution in [0.3, 0.4) is 0 Å². The second-order valence-corrected chi connectivity index (χ2v) is 9.18. The Morgan fingerprint density at radius 3 is 2.41 bits per heavy atom. The van der Waals surface area contributed by atoms with Crippen molar-refractivity contribution in [3.63, 3.8) is 0 Å². The van der Waals surface area contributed by atoms with Gasteiger partial charge in [0.15, 0.2) is 0 Å². The van der Waals surface area contributed by atoms with Crippen molar-refractivity contribution in [2.24, 2.45) is 0 Å². The van der Waals surface area contributed by atoms with Crippen molar-refractivity contribution in [1.82, 2.24) is 20.8 Å². The molecule has 2 aliphatic rings. The van der Waals surface area contributed by atoms with Gasteiger partial charge in [-0.1, -0.05) is 11.6 Å².